The largest absolute Gasteiger partial charge is 0.155 e. The molecule has 3 heteroatoms. The molecule has 14 heavy (non-hydrogen) atoms. The third-order valence-corrected chi connectivity index (χ3v) is 2.14. The maximum Gasteiger partial charge on any atom is 0.135 e. The lowest BCUT2D eigenvalue weighted by Crippen LogP contribution is -1.93. The van der Waals surface area contributed by atoms with E-state index in [-0.39, 0.29) is 6.04 Å². The average molecular weight is 185 g/mol. The van der Waals surface area contributed by atoms with Crippen molar-refractivity contribution in [3.63, 3.8) is 0 Å². The van der Waals surface area contributed by atoms with Gasteiger partial charge in [-0.3, -0.25) is 0 Å². The Hall–Kier alpha value is -1.77. The third-order valence-electron chi connectivity index (χ3n) is 2.14. The van der Waals surface area contributed by atoms with Crippen LogP contribution in [0.2, 0.25) is 0 Å². The van der Waals surface area contributed by atoms with Crippen LogP contribution in [0.25, 0.3) is 0 Å². The summed E-state index contributed by atoms with van der Waals surface area (Å²) in [5.74, 6) is 0. The second-order valence-corrected chi connectivity index (χ2v) is 3.15. The second-order valence-electron chi connectivity index (χ2n) is 3.15. The van der Waals surface area contributed by atoms with E-state index >= 15 is 0 Å². The average Bonchev–Trinajstić information content (AvgIpc) is 2.72. The normalized spacial score (nSPS) is 18.7. The molecule has 0 bridgehead atoms. The summed E-state index contributed by atoms with van der Waals surface area (Å²) in [6, 6.07) is 8.28. The van der Waals surface area contributed by atoms with E-state index in [4.69, 9.17) is 0 Å². The molecule has 70 valence electrons. The standard InChI is InChI=1S/C11H11N3/c1-2-3-9-4-6-10(7-5-9)11-8-12-14-13-11/h2,4-8,11H,1,3H2. The van der Waals surface area contributed by atoms with Gasteiger partial charge in [0.25, 0.3) is 0 Å². The minimum absolute atomic E-state index is 0.00720. The maximum absolute atomic E-state index is 3.96. The summed E-state index contributed by atoms with van der Waals surface area (Å²) in [6.07, 6.45) is 4.54. The van der Waals surface area contributed by atoms with E-state index in [0.717, 1.165) is 12.0 Å². The Labute approximate surface area is 82.9 Å². The van der Waals surface area contributed by atoms with Crippen LogP contribution in [-0.4, -0.2) is 6.21 Å². The van der Waals surface area contributed by atoms with Crippen LogP contribution in [0, 0.1) is 0 Å². The van der Waals surface area contributed by atoms with E-state index < -0.39 is 0 Å². The number of nitrogens with zero attached hydrogens (tertiary/aromatic N) is 3. The van der Waals surface area contributed by atoms with Crippen molar-refractivity contribution in [3.05, 3.63) is 48.0 Å². The Morgan fingerprint density at radius 3 is 2.64 bits per heavy atom. The van der Waals surface area contributed by atoms with E-state index in [1.807, 2.05) is 6.08 Å². The highest BCUT2D eigenvalue weighted by atomic mass is 15.4. The zero-order chi connectivity index (χ0) is 9.80. The Balaban J connectivity index is 2.17. The predicted octanol–water partition coefficient (Wildman–Crippen LogP) is 2.91. The molecular weight excluding hydrogens is 174 g/mol. The van der Waals surface area contributed by atoms with Gasteiger partial charge < -0.3 is 0 Å². The maximum atomic E-state index is 3.96. The van der Waals surface area contributed by atoms with E-state index in [1.54, 1.807) is 6.21 Å². The molecule has 0 radical (unpaired) electrons. The summed E-state index contributed by atoms with van der Waals surface area (Å²) in [4.78, 5) is 0. The number of rotatable bonds is 3. The fourth-order valence-electron chi connectivity index (χ4n) is 1.38. The van der Waals surface area contributed by atoms with Crippen LogP contribution in [0.15, 0.2) is 52.4 Å². The van der Waals surface area contributed by atoms with Crippen molar-refractivity contribution in [2.75, 3.05) is 0 Å². The quantitative estimate of drug-likeness (QED) is 0.649. The van der Waals surface area contributed by atoms with Gasteiger partial charge in [-0.1, -0.05) is 30.3 Å². The van der Waals surface area contributed by atoms with Crippen molar-refractivity contribution in [3.8, 4) is 0 Å². The van der Waals surface area contributed by atoms with Gasteiger partial charge in [0.15, 0.2) is 0 Å². The smallest absolute Gasteiger partial charge is 0.135 e. The van der Waals surface area contributed by atoms with Gasteiger partial charge in [-0.05, 0) is 22.8 Å². The number of hydrogen-bond donors (Lipinski definition) is 0. The molecule has 0 aromatic heterocycles. The van der Waals surface area contributed by atoms with Crippen molar-refractivity contribution < 1.29 is 0 Å². The van der Waals surface area contributed by atoms with Crippen LogP contribution >= 0.6 is 0 Å². The molecule has 0 N–H and O–H groups in total. The molecule has 0 amide bonds. The van der Waals surface area contributed by atoms with Crippen molar-refractivity contribution in [1.82, 2.24) is 0 Å². The van der Waals surface area contributed by atoms with Gasteiger partial charge in [0.05, 0.1) is 6.21 Å². The minimum Gasteiger partial charge on any atom is -0.155 e. The Bertz CT molecular complexity index is 364. The van der Waals surface area contributed by atoms with E-state index in [0.29, 0.717) is 0 Å². The van der Waals surface area contributed by atoms with Gasteiger partial charge in [-0.2, -0.15) is 5.11 Å². The number of allylic oxidation sites excluding steroid dienone is 1. The summed E-state index contributed by atoms with van der Waals surface area (Å²) >= 11 is 0. The first-order valence-electron chi connectivity index (χ1n) is 4.53. The van der Waals surface area contributed by atoms with Crippen LogP contribution in [0.4, 0.5) is 0 Å². The van der Waals surface area contributed by atoms with E-state index in [2.05, 4.69) is 46.3 Å². The van der Waals surface area contributed by atoms with Gasteiger partial charge in [0, 0.05) is 0 Å². The summed E-state index contributed by atoms with van der Waals surface area (Å²) < 4.78 is 0. The minimum atomic E-state index is 0.00720. The molecule has 3 nitrogen and oxygen atoms in total. The molecule has 1 aliphatic heterocycles. The van der Waals surface area contributed by atoms with Gasteiger partial charge in [0.2, 0.25) is 0 Å². The lowest BCUT2D eigenvalue weighted by Gasteiger charge is -2.03. The highest BCUT2D eigenvalue weighted by molar-refractivity contribution is 5.68. The lowest BCUT2D eigenvalue weighted by atomic mass is 10.0. The highest BCUT2D eigenvalue weighted by Crippen LogP contribution is 2.19. The molecule has 0 spiro atoms. The summed E-state index contributed by atoms with van der Waals surface area (Å²) in [5.41, 5.74) is 2.39. The zero-order valence-electron chi connectivity index (χ0n) is 7.80. The fraction of sp³-hybridized carbons (Fsp3) is 0.182. The molecule has 0 saturated carbocycles. The van der Waals surface area contributed by atoms with Crippen LogP contribution in [-0.2, 0) is 6.42 Å². The Morgan fingerprint density at radius 1 is 1.29 bits per heavy atom. The summed E-state index contributed by atoms with van der Waals surface area (Å²) in [7, 11) is 0. The lowest BCUT2D eigenvalue weighted by molar-refractivity contribution is 0.906. The van der Waals surface area contributed by atoms with E-state index in [1.165, 1.54) is 5.56 Å². The SMILES string of the molecule is C=CCc1ccc(C2C=NN=N2)cc1. The molecule has 0 saturated heterocycles. The van der Waals surface area contributed by atoms with Gasteiger partial charge in [-0.25, -0.2) is 0 Å². The van der Waals surface area contributed by atoms with E-state index in [9.17, 15) is 0 Å². The topological polar surface area (TPSA) is 37.1 Å². The molecule has 1 aromatic carbocycles. The van der Waals surface area contributed by atoms with Crippen LogP contribution in [0.3, 0.4) is 0 Å². The molecule has 2 rings (SSSR count). The molecule has 1 unspecified atom stereocenters. The number of benzene rings is 1. The monoisotopic (exact) mass is 185 g/mol. The Morgan fingerprint density at radius 2 is 2.07 bits per heavy atom. The molecular formula is C11H11N3. The highest BCUT2D eigenvalue weighted by Gasteiger charge is 2.09. The molecule has 1 heterocycles. The third kappa shape index (κ3) is 1.76. The van der Waals surface area contributed by atoms with Gasteiger partial charge >= 0.3 is 0 Å². The molecule has 0 fully saturated rings. The molecule has 0 aliphatic carbocycles. The Kier molecular flexibility index (Phi) is 2.49. The molecule has 1 aromatic rings. The van der Waals surface area contributed by atoms with Crippen LogP contribution < -0.4 is 0 Å². The summed E-state index contributed by atoms with van der Waals surface area (Å²) in [5, 5.41) is 11.3. The van der Waals surface area contributed by atoms with Crippen LogP contribution in [0.1, 0.15) is 17.2 Å². The predicted molar refractivity (Wildman–Crippen MR) is 56.4 cm³/mol. The van der Waals surface area contributed by atoms with Crippen LogP contribution in [0.5, 0.6) is 0 Å². The van der Waals surface area contributed by atoms with Gasteiger partial charge in [0.1, 0.15) is 6.04 Å². The zero-order valence-corrected chi connectivity index (χ0v) is 7.80. The van der Waals surface area contributed by atoms with Crippen molar-refractivity contribution >= 4 is 6.21 Å². The van der Waals surface area contributed by atoms with Crippen molar-refractivity contribution in [2.45, 2.75) is 12.5 Å². The first-order valence-corrected chi connectivity index (χ1v) is 4.53. The first-order chi connectivity index (χ1) is 6.90. The van der Waals surface area contributed by atoms with Crippen molar-refractivity contribution in [2.24, 2.45) is 15.4 Å². The molecule has 1 atom stereocenters. The number of hydrogen-bond acceptors (Lipinski definition) is 3. The van der Waals surface area contributed by atoms with Gasteiger partial charge in [-0.15, -0.1) is 11.7 Å². The molecule has 1 aliphatic rings. The van der Waals surface area contributed by atoms with Crippen molar-refractivity contribution in [1.29, 1.82) is 0 Å². The first kappa shape index (κ1) is 8.81. The second kappa shape index (κ2) is 3.96. The fourth-order valence-corrected chi connectivity index (χ4v) is 1.38. The summed E-state index contributed by atoms with van der Waals surface area (Å²) in [6.45, 7) is 3.70.